The highest BCUT2D eigenvalue weighted by molar-refractivity contribution is 6.06. The predicted molar refractivity (Wildman–Crippen MR) is 84.9 cm³/mol. The van der Waals surface area contributed by atoms with Gasteiger partial charge in [-0.2, -0.15) is 0 Å². The Morgan fingerprint density at radius 2 is 2.00 bits per heavy atom. The number of para-hydroxylation sites is 1. The number of likely N-dealkylation sites (tertiary alicyclic amines) is 1. The van der Waals surface area contributed by atoms with E-state index in [0.29, 0.717) is 25.2 Å². The maximum Gasteiger partial charge on any atom is 0.321 e. The van der Waals surface area contributed by atoms with Crippen LogP contribution in [0.15, 0.2) is 46.9 Å². The molecule has 2 amide bonds. The third-order valence-electron chi connectivity index (χ3n) is 4.08. The number of anilines is 1. The molecule has 1 aromatic heterocycles. The standard InChI is InChI=1S/C17H16N2O3/c20-12-7-8-19(10-12)17(21)18-11-5-6-14-13-3-1-2-4-15(13)22-16(14)9-11/h1-6,9,12,20H,7-8,10H2,(H,18,21)/t12-/m1/s1. The first-order valence-corrected chi connectivity index (χ1v) is 7.36. The van der Waals surface area contributed by atoms with Crippen LogP contribution in [0.2, 0.25) is 0 Å². The smallest absolute Gasteiger partial charge is 0.321 e. The average molecular weight is 296 g/mol. The van der Waals surface area contributed by atoms with Gasteiger partial charge in [0.15, 0.2) is 0 Å². The Hall–Kier alpha value is -2.53. The zero-order valence-corrected chi connectivity index (χ0v) is 12.0. The fourth-order valence-electron chi connectivity index (χ4n) is 2.93. The third kappa shape index (κ3) is 2.19. The van der Waals surface area contributed by atoms with Crippen molar-refractivity contribution < 1.29 is 14.3 Å². The lowest BCUT2D eigenvalue weighted by atomic mass is 10.1. The normalized spacial score (nSPS) is 18.2. The van der Waals surface area contributed by atoms with Crippen LogP contribution in [0.3, 0.4) is 0 Å². The summed E-state index contributed by atoms with van der Waals surface area (Å²) in [6, 6.07) is 13.3. The van der Waals surface area contributed by atoms with E-state index in [1.807, 2.05) is 42.5 Å². The minimum atomic E-state index is -0.413. The van der Waals surface area contributed by atoms with Crippen molar-refractivity contribution in [2.75, 3.05) is 18.4 Å². The number of β-amino-alcohol motifs (C(OH)–C–C–N with tert-alkyl or cyclic N) is 1. The second-order valence-corrected chi connectivity index (χ2v) is 5.63. The molecular formula is C17H16N2O3. The molecule has 3 aromatic rings. The number of urea groups is 1. The molecule has 0 radical (unpaired) electrons. The Balaban J connectivity index is 1.62. The number of rotatable bonds is 1. The molecule has 1 aliphatic heterocycles. The number of amides is 2. The Kier molecular flexibility index (Phi) is 3.01. The van der Waals surface area contributed by atoms with E-state index >= 15 is 0 Å². The van der Waals surface area contributed by atoms with E-state index < -0.39 is 6.10 Å². The number of nitrogens with one attached hydrogen (secondary N) is 1. The van der Waals surface area contributed by atoms with Crippen LogP contribution in [0.1, 0.15) is 6.42 Å². The van der Waals surface area contributed by atoms with Gasteiger partial charge in [0, 0.05) is 35.6 Å². The van der Waals surface area contributed by atoms with E-state index in [9.17, 15) is 9.90 Å². The third-order valence-corrected chi connectivity index (χ3v) is 4.08. The summed E-state index contributed by atoms with van der Waals surface area (Å²) in [5.41, 5.74) is 2.28. The number of aliphatic hydroxyl groups is 1. The molecule has 4 rings (SSSR count). The molecule has 0 unspecified atom stereocenters. The number of aliphatic hydroxyl groups excluding tert-OH is 1. The summed E-state index contributed by atoms with van der Waals surface area (Å²) < 4.78 is 5.81. The van der Waals surface area contributed by atoms with Crippen molar-refractivity contribution in [2.45, 2.75) is 12.5 Å². The molecule has 0 aliphatic carbocycles. The van der Waals surface area contributed by atoms with Gasteiger partial charge in [-0.25, -0.2) is 4.79 Å². The molecule has 0 saturated carbocycles. The van der Waals surface area contributed by atoms with Crippen molar-refractivity contribution in [3.63, 3.8) is 0 Å². The largest absolute Gasteiger partial charge is 0.456 e. The summed E-state index contributed by atoms with van der Waals surface area (Å²) in [4.78, 5) is 13.8. The summed E-state index contributed by atoms with van der Waals surface area (Å²) in [6.07, 6.45) is 0.222. The van der Waals surface area contributed by atoms with E-state index in [1.54, 1.807) is 4.90 Å². The highest BCUT2D eigenvalue weighted by atomic mass is 16.3. The van der Waals surface area contributed by atoms with Crippen LogP contribution in [0.4, 0.5) is 10.5 Å². The second-order valence-electron chi connectivity index (χ2n) is 5.63. The van der Waals surface area contributed by atoms with Gasteiger partial charge in [0.25, 0.3) is 0 Å². The van der Waals surface area contributed by atoms with Crippen molar-refractivity contribution in [3.05, 3.63) is 42.5 Å². The number of nitrogens with zero attached hydrogens (tertiary/aromatic N) is 1. The van der Waals surface area contributed by atoms with E-state index in [-0.39, 0.29) is 6.03 Å². The molecule has 2 N–H and O–H groups in total. The molecule has 1 atom stereocenters. The summed E-state index contributed by atoms with van der Waals surface area (Å²) in [6.45, 7) is 0.971. The molecule has 2 aromatic carbocycles. The van der Waals surface area contributed by atoms with E-state index in [4.69, 9.17) is 4.42 Å². The Labute approximate surface area is 127 Å². The maximum absolute atomic E-state index is 12.1. The molecule has 112 valence electrons. The number of carbonyl (C=O) groups is 1. The van der Waals surface area contributed by atoms with Gasteiger partial charge in [-0.05, 0) is 24.6 Å². The summed E-state index contributed by atoms with van der Waals surface area (Å²) >= 11 is 0. The van der Waals surface area contributed by atoms with Gasteiger partial charge in [-0.3, -0.25) is 0 Å². The lowest BCUT2D eigenvalue weighted by Gasteiger charge is -2.16. The van der Waals surface area contributed by atoms with Gasteiger partial charge in [0.2, 0.25) is 0 Å². The molecule has 0 bridgehead atoms. The Bertz CT molecular complexity index is 855. The van der Waals surface area contributed by atoms with Crippen LogP contribution in [0, 0.1) is 0 Å². The number of benzene rings is 2. The second kappa shape index (κ2) is 5.03. The summed E-state index contributed by atoms with van der Waals surface area (Å²) in [7, 11) is 0. The number of fused-ring (bicyclic) bond motifs is 3. The van der Waals surface area contributed by atoms with Gasteiger partial charge >= 0.3 is 6.03 Å². The van der Waals surface area contributed by atoms with Gasteiger partial charge in [-0.1, -0.05) is 18.2 Å². The van der Waals surface area contributed by atoms with Crippen molar-refractivity contribution in [1.82, 2.24) is 4.90 Å². The maximum atomic E-state index is 12.1. The van der Waals surface area contributed by atoms with E-state index in [1.165, 1.54) is 0 Å². The van der Waals surface area contributed by atoms with Crippen molar-refractivity contribution in [2.24, 2.45) is 0 Å². The first kappa shape index (κ1) is 13.2. The number of furan rings is 1. The topological polar surface area (TPSA) is 65.7 Å². The molecule has 5 heteroatoms. The molecule has 1 saturated heterocycles. The van der Waals surface area contributed by atoms with Crippen LogP contribution < -0.4 is 5.32 Å². The molecule has 5 nitrogen and oxygen atoms in total. The monoisotopic (exact) mass is 296 g/mol. The summed E-state index contributed by atoms with van der Waals surface area (Å²) in [5, 5.41) is 14.5. The first-order valence-electron chi connectivity index (χ1n) is 7.36. The van der Waals surface area contributed by atoms with Gasteiger partial charge in [0.1, 0.15) is 11.2 Å². The van der Waals surface area contributed by atoms with Crippen LogP contribution >= 0.6 is 0 Å². The molecule has 1 aliphatic rings. The van der Waals surface area contributed by atoms with Crippen LogP contribution in [-0.4, -0.2) is 35.2 Å². The molecule has 1 fully saturated rings. The number of hydrogen-bond donors (Lipinski definition) is 2. The molecule has 0 spiro atoms. The average Bonchev–Trinajstić information content (AvgIpc) is 3.10. The fraction of sp³-hybridized carbons (Fsp3) is 0.235. The van der Waals surface area contributed by atoms with Gasteiger partial charge in [-0.15, -0.1) is 0 Å². The quantitative estimate of drug-likeness (QED) is 0.725. The zero-order valence-electron chi connectivity index (χ0n) is 12.0. The van der Waals surface area contributed by atoms with Crippen LogP contribution in [-0.2, 0) is 0 Å². The van der Waals surface area contributed by atoms with E-state index in [0.717, 1.165) is 21.9 Å². The van der Waals surface area contributed by atoms with Gasteiger partial charge in [0.05, 0.1) is 6.10 Å². The fourth-order valence-corrected chi connectivity index (χ4v) is 2.93. The molecular weight excluding hydrogens is 280 g/mol. The lowest BCUT2D eigenvalue weighted by Crippen LogP contribution is -2.33. The minimum absolute atomic E-state index is 0.188. The first-order chi connectivity index (χ1) is 10.7. The lowest BCUT2D eigenvalue weighted by molar-refractivity contribution is 0.176. The zero-order chi connectivity index (χ0) is 15.1. The Morgan fingerprint density at radius 3 is 2.82 bits per heavy atom. The molecule has 22 heavy (non-hydrogen) atoms. The number of carbonyl (C=O) groups excluding carboxylic acids is 1. The highest BCUT2D eigenvalue weighted by Crippen LogP contribution is 2.30. The predicted octanol–water partition coefficient (Wildman–Crippen LogP) is 3.18. The van der Waals surface area contributed by atoms with Crippen molar-refractivity contribution in [3.8, 4) is 0 Å². The highest BCUT2D eigenvalue weighted by Gasteiger charge is 2.24. The molecule has 2 heterocycles. The summed E-state index contributed by atoms with van der Waals surface area (Å²) in [5.74, 6) is 0. The SMILES string of the molecule is O=C(Nc1ccc2c(c1)oc1ccccc12)N1CC[C@@H](O)C1. The van der Waals surface area contributed by atoms with E-state index in [2.05, 4.69) is 5.32 Å². The van der Waals surface area contributed by atoms with Crippen molar-refractivity contribution >= 4 is 33.7 Å². The Morgan fingerprint density at radius 1 is 1.18 bits per heavy atom. The van der Waals surface area contributed by atoms with Gasteiger partial charge < -0.3 is 19.7 Å². The van der Waals surface area contributed by atoms with Crippen LogP contribution in [0.5, 0.6) is 0 Å². The number of hydrogen-bond acceptors (Lipinski definition) is 3. The van der Waals surface area contributed by atoms with Crippen LogP contribution in [0.25, 0.3) is 21.9 Å². The minimum Gasteiger partial charge on any atom is -0.456 e. The van der Waals surface area contributed by atoms with Crippen molar-refractivity contribution in [1.29, 1.82) is 0 Å².